The number of benzene rings is 1. The molecule has 1 aromatic rings. The standard InChI is InChI=1S/C18H29NO2/c1-4-19-17-13-14(2)12-15(3)18(17)21-11-10-20-16-8-6-5-7-9-16/h5-9,14-15,17-19H,4,10-13H2,1-3H3. The van der Waals surface area contributed by atoms with Gasteiger partial charge >= 0.3 is 0 Å². The SMILES string of the molecule is CCNC1CC(C)CC(C)C1OCCOc1ccccc1. The van der Waals surface area contributed by atoms with E-state index >= 15 is 0 Å². The summed E-state index contributed by atoms with van der Waals surface area (Å²) < 4.78 is 11.8. The molecule has 1 N–H and O–H groups in total. The van der Waals surface area contributed by atoms with E-state index < -0.39 is 0 Å². The number of para-hydroxylation sites is 1. The van der Waals surface area contributed by atoms with Gasteiger partial charge in [-0.2, -0.15) is 0 Å². The molecule has 2 rings (SSSR count). The van der Waals surface area contributed by atoms with Crippen LogP contribution in [0.4, 0.5) is 0 Å². The lowest BCUT2D eigenvalue weighted by Crippen LogP contribution is -2.49. The molecule has 4 atom stereocenters. The van der Waals surface area contributed by atoms with Crippen molar-refractivity contribution in [2.75, 3.05) is 19.8 Å². The molecule has 1 saturated carbocycles. The minimum absolute atomic E-state index is 0.306. The van der Waals surface area contributed by atoms with Crippen LogP contribution in [0.1, 0.15) is 33.6 Å². The Morgan fingerprint density at radius 3 is 2.57 bits per heavy atom. The van der Waals surface area contributed by atoms with Crippen LogP contribution in [-0.2, 0) is 4.74 Å². The number of rotatable bonds is 7. The number of nitrogens with one attached hydrogen (secondary N) is 1. The summed E-state index contributed by atoms with van der Waals surface area (Å²) in [6.07, 6.45) is 2.77. The lowest BCUT2D eigenvalue weighted by molar-refractivity contribution is -0.0457. The number of ether oxygens (including phenoxy) is 2. The van der Waals surface area contributed by atoms with Crippen molar-refractivity contribution in [2.45, 2.75) is 45.8 Å². The maximum atomic E-state index is 6.14. The highest BCUT2D eigenvalue weighted by Gasteiger charge is 2.34. The average molecular weight is 291 g/mol. The molecule has 0 spiro atoms. The average Bonchev–Trinajstić information content (AvgIpc) is 2.47. The van der Waals surface area contributed by atoms with E-state index in [2.05, 4.69) is 26.1 Å². The van der Waals surface area contributed by atoms with Crippen LogP contribution >= 0.6 is 0 Å². The van der Waals surface area contributed by atoms with Crippen molar-refractivity contribution < 1.29 is 9.47 Å². The van der Waals surface area contributed by atoms with Crippen LogP contribution in [0, 0.1) is 11.8 Å². The van der Waals surface area contributed by atoms with E-state index in [1.54, 1.807) is 0 Å². The maximum Gasteiger partial charge on any atom is 0.119 e. The van der Waals surface area contributed by atoms with Crippen LogP contribution in [0.15, 0.2) is 30.3 Å². The van der Waals surface area contributed by atoms with Gasteiger partial charge in [-0.15, -0.1) is 0 Å². The molecule has 0 aromatic heterocycles. The van der Waals surface area contributed by atoms with Crippen LogP contribution in [-0.4, -0.2) is 31.9 Å². The monoisotopic (exact) mass is 291 g/mol. The first-order chi connectivity index (χ1) is 10.2. The number of hydrogen-bond donors (Lipinski definition) is 1. The lowest BCUT2D eigenvalue weighted by Gasteiger charge is -2.39. The van der Waals surface area contributed by atoms with Gasteiger partial charge in [-0.1, -0.05) is 39.0 Å². The van der Waals surface area contributed by atoms with E-state index in [1.807, 2.05) is 30.3 Å². The molecule has 0 amide bonds. The second kappa shape index (κ2) is 8.40. The van der Waals surface area contributed by atoms with Crippen LogP contribution in [0.3, 0.4) is 0 Å². The molecule has 0 heterocycles. The zero-order chi connectivity index (χ0) is 15.1. The van der Waals surface area contributed by atoms with Crippen LogP contribution in [0.5, 0.6) is 5.75 Å². The minimum atomic E-state index is 0.306. The molecule has 0 radical (unpaired) electrons. The molecule has 1 fully saturated rings. The Bertz CT molecular complexity index is 395. The highest BCUT2D eigenvalue weighted by Crippen LogP contribution is 2.31. The van der Waals surface area contributed by atoms with Gasteiger partial charge in [-0.05, 0) is 43.4 Å². The molecule has 118 valence electrons. The van der Waals surface area contributed by atoms with Gasteiger partial charge in [0, 0.05) is 6.04 Å². The number of likely N-dealkylation sites (N-methyl/N-ethyl adjacent to an activating group) is 1. The van der Waals surface area contributed by atoms with Crippen molar-refractivity contribution in [2.24, 2.45) is 11.8 Å². The highest BCUT2D eigenvalue weighted by molar-refractivity contribution is 5.20. The Balaban J connectivity index is 1.77. The van der Waals surface area contributed by atoms with Gasteiger partial charge in [0.15, 0.2) is 0 Å². The summed E-state index contributed by atoms with van der Waals surface area (Å²) in [4.78, 5) is 0. The van der Waals surface area contributed by atoms with Gasteiger partial charge in [-0.3, -0.25) is 0 Å². The first-order valence-electron chi connectivity index (χ1n) is 8.23. The second-order valence-corrected chi connectivity index (χ2v) is 6.21. The van der Waals surface area contributed by atoms with Crippen molar-refractivity contribution in [3.63, 3.8) is 0 Å². The zero-order valence-corrected chi connectivity index (χ0v) is 13.5. The van der Waals surface area contributed by atoms with Crippen molar-refractivity contribution in [1.29, 1.82) is 0 Å². The Labute approximate surface area is 129 Å². The summed E-state index contributed by atoms with van der Waals surface area (Å²) in [6.45, 7) is 9.09. The van der Waals surface area contributed by atoms with Crippen LogP contribution in [0.25, 0.3) is 0 Å². The Morgan fingerprint density at radius 2 is 1.86 bits per heavy atom. The molecule has 4 unspecified atom stereocenters. The Kier molecular flexibility index (Phi) is 6.52. The summed E-state index contributed by atoms with van der Waals surface area (Å²) in [7, 11) is 0. The predicted molar refractivity (Wildman–Crippen MR) is 86.7 cm³/mol. The lowest BCUT2D eigenvalue weighted by atomic mass is 9.78. The molecule has 1 aromatic carbocycles. The summed E-state index contributed by atoms with van der Waals surface area (Å²) in [5, 5.41) is 3.59. The van der Waals surface area contributed by atoms with Gasteiger partial charge in [0.1, 0.15) is 12.4 Å². The van der Waals surface area contributed by atoms with E-state index in [4.69, 9.17) is 9.47 Å². The molecular weight excluding hydrogens is 262 g/mol. The quantitative estimate of drug-likeness (QED) is 0.780. The molecule has 0 bridgehead atoms. The van der Waals surface area contributed by atoms with E-state index in [-0.39, 0.29) is 0 Å². The molecule has 0 saturated heterocycles. The molecule has 21 heavy (non-hydrogen) atoms. The van der Waals surface area contributed by atoms with Crippen molar-refractivity contribution in [1.82, 2.24) is 5.32 Å². The zero-order valence-electron chi connectivity index (χ0n) is 13.5. The minimum Gasteiger partial charge on any atom is -0.491 e. The van der Waals surface area contributed by atoms with Crippen LogP contribution < -0.4 is 10.1 Å². The topological polar surface area (TPSA) is 30.5 Å². The van der Waals surface area contributed by atoms with Crippen molar-refractivity contribution in [3.05, 3.63) is 30.3 Å². The van der Waals surface area contributed by atoms with Crippen molar-refractivity contribution in [3.8, 4) is 5.75 Å². The smallest absolute Gasteiger partial charge is 0.119 e. The highest BCUT2D eigenvalue weighted by atomic mass is 16.5. The van der Waals surface area contributed by atoms with Gasteiger partial charge in [0.05, 0.1) is 12.7 Å². The number of hydrogen-bond acceptors (Lipinski definition) is 3. The van der Waals surface area contributed by atoms with E-state index in [0.29, 0.717) is 31.3 Å². The summed E-state index contributed by atoms with van der Waals surface area (Å²) in [5.74, 6) is 2.30. The third-order valence-corrected chi connectivity index (χ3v) is 4.26. The molecular formula is C18H29NO2. The Morgan fingerprint density at radius 1 is 1.10 bits per heavy atom. The first kappa shape index (κ1) is 16.3. The molecule has 1 aliphatic carbocycles. The fraction of sp³-hybridized carbons (Fsp3) is 0.667. The largest absolute Gasteiger partial charge is 0.491 e. The molecule has 3 nitrogen and oxygen atoms in total. The van der Waals surface area contributed by atoms with E-state index in [9.17, 15) is 0 Å². The molecule has 3 heteroatoms. The van der Waals surface area contributed by atoms with E-state index in [1.165, 1.54) is 12.8 Å². The predicted octanol–water partition coefficient (Wildman–Crippen LogP) is 3.49. The fourth-order valence-corrected chi connectivity index (χ4v) is 3.43. The molecule has 1 aliphatic rings. The van der Waals surface area contributed by atoms with Gasteiger partial charge in [0.25, 0.3) is 0 Å². The summed E-state index contributed by atoms with van der Waals surface area (Å²) >= 11 is 0. The third-order valence-electron chi connectivity index (χ3n) is 4.26. The maximum absolute atomic E-state index is 6.14. The summed E-state index contributed by atoms with van der Waals surface area (Å²) in [6, 6.07) is 10.4. The first-order valence-corrected chi connectivity index (χ1v) is 8.23. The van der Waals surface area contributed by atoms with Crippen LogP contribution in [0.2, 0.25) is 0 Å². The van der Waals surface area contributed by atoms with Gasteiger partial charge in [0.2, 0.25) is 0 Å². The summed E-state index contributed by atoms with van der Waals surface area (Å²) in [5.41, 5.74) is 0. The third kappa shape index (κ3) is 5.01. The fourth-order valence-electron chi connectivity index (χ4n) is 3.43. The Hall–Kier alpha value is -1.06. The normalized spacial score (nSPS) is 29.3. The van der Waals surface area contributed by atoms with Crippen molar-refractivity contribution >= 4 is 0 Å². The van der Waals surface area contributed by atoms with Gasteiger partial charge < -0.3 is 14.8 Å². The van der Waals surface area contributed by atoms with E-state index in [0.717, 1.165) is 18.2 Å². The second-order valence-electron chi connectivity index (χ2n) is 6.21. The molecule has 0 aliphatic heterocycles. The van der Waals surface area contributed by atoms with Gasteiger partial charge in [-0.25, -0.2) is 0 Å².